The van der Waals surface area contributed by atoms with E-state index in [4.69, 9.17) is 5.73 Å². The van der Waals surface area contributed by atoms with Gasteiger partial charge in [-0.05, 0) is 56.0 Å². The maximum absolute atomic E-state index is 5.73. The first-order chi connectivity index (χ1) is 7.34. The van der Waals surface area contributed by atoms with Crippen molar-refractivity contribution in [2.75, 3.05) is 13.1 Å². The zero-order valence-electron chi connectivity index (χ0n) is 9.02. The Morgan fingerprint density at radius 3 is 2.73 bits per heavy atom. The van der Waals surface area contributed by atoms with Crippen LogP contribution in [0.1, 0.15) is 18.4 Å². The Hall–Kier alpha value is -0.930. The molecular formula is C12H19N3. The zero-order chi connectivity index (χ0) is 10.5. The van der Waals surface area contributed by atoms with Gasteiger partial charge >= 0.3 is 0 Å². The van der Waals surface area contributed by atoms with Crippen molar-refractivity contribution in [1.82, 2.24) is 10.3 Å². The number of hydrogen-bond acceptors (Lipinski definition) is 3. The van der Waals surface area contributed by atoms with Gasteiger partial charge in [0, 0.05) is 18.4 Å². The minimum atomic E-state index is 0.469. The first-order valence-electron chi connectivity index (χ1n) is 5.70. The van der Waals surface area contributed by atoms with Crippen molar-refractivity contribution in [3.8, 4) is 0 Å². The van der Waals surface area contributed by atoms with Gasteiger partial charge in [-0.25, -0.2) is 0 Å². The van der Waals surface area contributed by atoms with Gasteiger partial charge < -0.3 is 11.1 Å². The predicted octanol–water partition coefficient (Wildman–Crippen LogP) is 0.951. The molecule has 1 aromatic rings. The van der Waals surface area contributed by atoms with Crippen LogP contribution in [-0.4, -0.2) is 24.1 Å². The van der Waals surface area contributed by atoms with Crippen LogP contribution in [0.15, 0.2) is 24.5 Å². The van der Waals surface area contributed by atoms with Gasteiger partial charge in [-0.2, -0.15) is 0 Å². The number of pyridine rings is 1. The van der Waals surface area contributed by atoms with Gasteiger partial charge in [-0.3, -0.25) is 4.98 Å². The van der Waals surface area contributed by atoms with Crippen molar-refractivity contribution in [2.45, 2.75) is 25.3 Å². The molecule has 1 aliphatic carbocycles. The number of nitrogens with zero attached hydrogens (tertiary/aromatic N) is 1. The van der Waals surface area contributed by atoms with E-state index in [0.29, 0.717) is 6.04 Å². The summed E-state index contributed by atoms with van der Waals surface area (Å²) >= 11 is 0. The van der Waals surface area contributed by atoms with E-state index in [1.165, 1.54) is 18.4 Å². The van der Waals surface area contributed by atoms with Crippen LogP contribution in [0, 0.1) is 5.92 Å². The van der Waals surface area contributed by atoms with Crippen molar-refractivity contribution < 1.29 is 0 Å². The summed E-state index contributed by atoms with van der Waals surface area (Å²) in [6.07, 6.45) is 7.17. The van der Waals surface area contributed by atoms with Crippen LogP contribution in [0.25, 0.3) is 0 Å². The second-order valence-electron chi connectivity index (χ2n) is 4.41. The second-order valence-corrected chi connectivity index (χ2v) is 4.41. The second kappa shape index (κ2) is 5.24. The largest absolute Gasteiger partial charge is 0.328 e. The average Bonchev–Trinajstić information content (AvgIpc) is 2.23. The van der Waals surface area contributed by atoms with Crippen LogP contribution in [-0.2, 0) is 6.42 Å². The molecule has 0 amide bonds. The third-order valence-electron chi connectivity index (χ3n) is 3.04. The third kappa shape index (κ3) is 3.29. The van der Waals surface area contributed by atoms with Crippen LogP contribution >= 0.6 is 0 Å². The van der Waals surface area contributed by atoms with Gasteiger partial charge in [0.2, 0.25) is 0 Å². The molecule has 3 N–H and O–H groups in total. The summed E-state index contributed by atoms with van der Waals surface area (Å²) < 4.78 is 0. The molecule has 1 aromatic heterocycles. The molecule has 3 heteroatoms. The molecule has 0 saturated heterocycles. The summed E-state index contributed by atoms with van der Waals surface area (Å²) in [5.74, 6) is 0.817. The summed E-state index contributed by atoms with van der Waals surface area (Å²) in [6.45, 7) is 2.18. The SMILES string of the molecule is NC1CC(CNCCc2ccncc2)C1. The number of rotatable bonds is 5. The Morgan fingerprint density at radius 1 is 1.33 bits per heavy atom. The minimum absolute atomic E-state index is 0.469. The molecule has 1 aliphatic rings. The Bertz CT molecular complexity index is 280. The summed E-state index contributed by atoms with van der Waals surface area (Å²) in [5, 5.41) is 3.48. The molecule has 0 aliphatic heterocycles. The monoisotopic (exact) mass is 205 g/mol. The highest BCUT2D eigenvalue weighted by molar-refractivity contribution is 5.09. The van der Waals surface area contributed by atoms with E-state index in [1.54, 1.807) is 0 Å². The number of nitrogens with one attached hydrogen (secondary N) is 1. The molecule has 0 atom stereocenters. The van der Waals surface area contributed by atoms with E-state index in [9.17, 15) is 0 Å². The topological polar surface area (TPSA) is 50.9 Å². The van der Waals surface area contributed by atoms with E-state index in [2.05, 4.69) is 22.4 Å². The first-order valence-corrected chi connectivity index (χ1v) is 5.70. The highest BCUT2D eigenvalue weighted by atomic mass is 14.9. The lowest BCUT2D eigenvalue weighted by Crippen LogP contribution is -2.41. The van der Waals surface area contributed by atoms with Crippen molar-refractivity contribution in [1.29, 1.82) is 0 Å². The van der Waals surface area contributed by atoms with Crippen molar-refractivity contribution in [3.05, 3.63) is 30.1 Å². The summed E-state index contributed by atoms with van der Waals surface area (Å²) in [4.78, 5) is 4.00. The summed E-state index contributed by atoms with van der Waals surface area (Å²) in [7, 11) is 0. The van der Waals surface area contributed by atoms with Crippen LogP contribution in [0.2, 0.25) is 0 Å². The number of nitrogens with two attached hydrogens (primary N) is 1. The Labute approximate surface area is 91.1 Å². The lowest BCUT2D eigenvalue weighted by molar-refractivity contribution is 0.257. The fraction of sp³-hybridized carbons (Fsp3) is 0.583. The van der Waals surface area contributed by atoms with E-state index < -0.39 is 0 Å². The van der Waals surface area contributed by atoms with Crippen molar-refractivity contribution >= 4 is 0 Å². The van der Waals surface area contributed by atoms with E-state index in [-0.39, 0.29) is 0 Å². The Balaban J connectivity index is 1.56. The smallest absolute Gasteiger partial charge is 0.0270 e. The minimum Gasteiger partial charge on any atom is -0.328 e. The van der Waals surface area contributed by atoms with Crippen LogP contribution < -0.4 is 11.1 Å². The zero-order valence-corrected chi connectivity index (χ0v) is 9.02. The highest BCUT2D eigenvalue weighted by Gasteiger charge is 2.24. The van der Waals surface area contributed by atoms with Crippen LogP contribution in [0.5, 0.6) is 0 Å². The Morgan fingerprint density at radius 2 is 2.07 bits per heavy atom. The van der Waals surface area contributed by atoms with E-state index in [1.807, 2.05) is 12.4 Å². The molecular weight excluding hydrogens is 186 g/mol. The fourth-order valence-electron chi connectivity index (χ4n) is 2.04. The molecule has 1 saturated carbocycles. The molecule has 1 heterocycles. The molecule has 2 rings (SSSR count). The number of hydrogen-bond donors (Lipinski definition) is 2. The first kappa shape index (κ1) is 10.6. The van der Waals surface area contributed by atoms with Gasteiger partial charge in [0.05, 0.1) is 0 Å². The molecule has 0 radical (unpaired) electrons. The normalized spacial score (nSPS) is 24.9. The third-order valence-corrected chi connectivity index (χ3v) is 3.04. The molecule has 3 nitrogen and oxygen atoms in total. The summed E-state index contributed by atoms with van der Waals surface area (Å²) in [6, 6.07) is 4.61. The molecule has 1 fully saturated rings. The molecule has 15 heavy (non-hydrogen) atoms. The molecule has 0 spiro atoms. The van der Waals surface area contributed by atoms with Crippen LogP contribution in [0.4, 0.5) is 0 Å². The number of aromatic nitrogens is 1. The van der Waals surface area contributed by atoms with E-state index in [0.717, 1.165) is 25.4 Å². The van der Waals surface area contributed by atoms with Crippen molar-refractivity contribution in [3.63, 3.8) is 0 Å². The summed E-state index contributed by atoms with van der Waals surface area (Å²) in [5.41, 5.74) is 7.08. The molecule has 82 valence electrons. The fourth-order valence-corrected chi connectivity index (χ4v) is 2.04. The Kier molecular flexibility index (Phi) is 3.69. The van der Waals surface area contributed by atoms with Crippen LogP contribution in [0.3, 0.4) is 0 Å². The lowest BCUT2D eigenvalue weighted by Gasteiger charge is -2.32. The average molecular weight is 205 g/mol. The van der Waals surface area contributed by atoms with Gasteiger partial charge in [0.15, 0.2) is 0 Å². The van der Waals surface area contributed by atoms with Gasteiger partial charge in [0.1, 0.15) is 0 Å². The van der Waals surface area contributed by atoms with Crippen molar-refractivity contribution in [2.24, 2.45) is 11.7 Å². The quantitative estimate of drug-likeness (QED) is 0.704. The standard InChI is InChI=1S/C12H19N3/c13-12-7-11(8-12)9-15-6-3-10-1-4-14-5-2-10/h1-2,4-5,11-12,15H,3,6-9,13H2. The highest BCUT2D eigenvalue weighted by Crippen LogP contribution is 2.24. The van der Waals surface area contributed by atoms with E-state index >= 15 is 0 Å². The van der Waals surface area contributed by atoms with Gasteiger partial charge in [0.25, 0.3) is 0 Å². The molecule has 0 aromatic carbocycles. The van der Waals surface area contributed by atoms with Gasteiger partial charge in [-0.15, -0.1) is 0 Å². The maximum Gasteiger partial charge on any atom is 0.0270 e. The molecule has 0 unspecified atom stereocenters. The maximum atomic E-state index is 5.73. The predicted molar refractivity (Wildman–Crippen MR) is 61.5 cm³/mol. The lowest BCUT2D eigenvalue weighted by atomic mass is 9.81. The van der Waals surface area contributed by atoms with Gasteiger partial charge in [-0.1, -0.05) is 0 Å². The molecule has 0 bridgehead atoms.